The minimum Gasteiger partial charge on any atom is -0.541 e. The molecule has 22 heavy (non-hydrogen) atoms. The van der Waals surface area contributed by atoms with Gasteiger partial charge in [0.1, 0.15) is 11.7 Å². The zero-order chi connectivity index (χ0) is 15.5. The van der Waals surface area contributed by atoms with E-state index >= 15 is 0 Å². The van der Waals surface area contributed by atoms with E-state index in [1.807, 2.05) is 30.3 Å². The van der Waals surface area contributed by atoms with E-state index in [0.717, 1.165) is 5.56 Å². The lowest BCUT2D eigenvalue weighted by Crippen LogP contribution is -2.23. The van der Waals surface area contributed by atoms with Gasteiger partial charge in [0, 0.05) is 5.56 Å². The third-order valence-electron chi connectivity index (χ3n) is 3.14. The minimum atomic E-state index is -1.41. The van der Waals surface area contributed by atoms with Gasteiger partial charge >= 0.3 is 0 Å². The lowest BCUT2D eigenvalue weighted by atomic mass is 10.2. The third kappa shape index (κ3) is 2.54. The molecular formula is C16H12N3O3-. The zero-order valence-corrected chi connectivity index (χ0v) is 11.8. The Hall–Kier alpha value is -3.15. The molecule has 0 amide bonds. The highest BCUT2D eigenvalue weighted by molar-refractivity contribution is 5.82. The predicted octanol–water partition coefficient (Wildman–Crippen LogP) is 1.31. The van der Waals surface area contributed by atoms with Gasteiger partial charge < -0.3 is 14.6 Å². The monoisotopic (exact) mass is 294 g/mol. The summed E-state index contributed by atoms with van der Waals surface area (Å²) in [5.41, 5.74) is 1.44. The van der Waals surface area contributed by atoms with Gasteiger partial charge in [-0.3, -0.25) is 0 Å². The lowest BCUT2D eigenvalue weighted by Gasteiger charge is -2.07. The van der Waals surface area contributed by atoms with Crippen molar-refractivity contribution in [1.82, 2.24) is 14.8 Å². The smallest absolute Gasteiger partial charge is 0.197 e. The largest absolute Gasteiger partial charge is 0.541 e. The zero-order valence-electron chi connectivity index (χ0n) is 11.8. The summed E-state index contributed by atoms with van der Waals surface area (Å²) in [5.74, 6) is -0.630. The molecule has 0 bridgehead atoms. The molecule has 6 nitrogen and oxygen atoms in total. The van der Waals surface area contributed by atoms with Crippen LogP contribution < -0.4 is 9.84 Å². The first-order valence-electron chi connectivity index (χ1n) is 6.57. The normalized spacial score (nSPS) is 10.4. The van der Waals surface area contributed by atoms with Crippen molar-refractivity contribution < 1.29 is 14.6 Å². The molecular weight excluding hydrogens is 282 g/mol. The fraction of sp³-hybridized carbons (Fsp3) is 0.0625. The van der Waals surface area contributed by atoms with Crippen molar-refractivity contribution in [3.63, 3.8) is 0 Å². The van der Waals surface area contributed by atoms with E-state index in [0.29, 0.717) is 17.3 Å². The second kappa shape index (κ2) is 5.69. The number of methoxy groups -OCH3 is 1. The topological polar surface area (TPSA) is 80.1 Å². The van der Waals surface area contributed by atoms with Crippen LogP contribution in [-0.4, -0.2) is 27.8 Å². The highest BCUT2D eigenvalue weighted by Gasteiger charge is 2.14. The molecule has 0 aliphatic heterocycles. The van der Waals surface area contributed by atoms with Crippen LogP contribution >= 0.6 is 0 Å². The van der Waals surface area contributed by atoms with Crippen LogP contribution in [0.25, 0.3) is 17.1 Å². The SMILES string of the molecule is COc1ccc(-n2nc(C(=O)[O-])nc2-c2ccccc2)cc1. The number of hydrogen-bond acceptors (Lipinski definition) is 5. The molecule has 0 atom stereocenters. The summed E-state index contributed by atoms with van der Waals surface area (Å²) in [6.45, 7) is 0. The molecule has 0 saturated carbocycles. The van der Waals surface area contributed by atoms with Crippen molar-refractivity contribution in [1.29, 1.82) is 0 Å². The molecule has 0 fully saturated rings. The second-order valence-electron chi connectivity index (χ2n) is 4.52. The van der Waals surface area contributed by atoms with Crippen molar-refractivity contribution in [3.05, 3.63) is 60.4 Å². The van der Waals surface area contributed by atoms with E-state index in [2.05, 4.69) is 10.1 Å². The Morgan fingerprint density at radius 3 is 2.36 bits per heavy atom. The molecule has 0 aliphatic carbocycles. The molecule has 0 unspecified atom stereocenters. The van der Waals surface area contributed by atoms with Gasteiger partial charge in [-0.05, 0) is 24.3 Å². The standard InChI is InChI=1S/C16H13N3O3/c1-22-13-9-7-12(8-10-13)19-15(11-5-3-2-4-6-11)17-14(18-19)16(20)21/h2-10H,1H3,(H,20,21)/p-1. The summed E-state index contributed by atoms with van der Waals surface area (Å²) in [6.07, 6.45) is 0. The maximum atomic E-state index is 11.1. The van der Waals surface area contributed by atoms with Crippen molar-refractivity contribution >= 4 is 5.97 Å². The maximum Gasteiger partial charge on any atom is 0.197 e. The Kier molecular flexibility index (Phi) is 3.57. The maximum absolute atomic E-state index is 11.1. The molecule has 3 aromatic rings. The summed E-state index contributed by atoms with van der Waals surface area (Å²) < 4.78 is 6.59. The van der Waals surface area contributed by atoms with Crippen LogP contribution in [0.4, 0.5) is 0 Å². The van der Waals surface area contributed by atoms with Crippen LogP contribution in [0.2, 0.25) is 0 Å². The number of aromatic carboxylic acids is 1. The van der Waals surface area contributed by atoms with Gasteiger partial charge in [0.05, 0.1) is 12.8 Å². The fourth-order valence-electron chi connectivity index (χ4n) is 2.08. The summed E-state index contributed by atoms with van der Waals surface area (Å²) in [5, 5.41) is 15.1. The molecule has 0 N–H and O–H groups in total. The molecule has 0 saturated heterocycles. The lowest BCUT2D eigenvalue weighted by molar-refractivity contribution is -0.256. The van der Waals surface area contributed by atoms with Crippen LogP contribution in [0.1, 0.15) is 10.6 Å². The highest BCUT2D eigenvalue weighted by atomic mass is 16.5. The molecule has 1 heterocycles. The van der Waals surface area contributed by atoms with Gasteiger partial charge in [-0.15, -0.1) is 5.10 Å². The van der Waals surface area contributed by atoms with Gasteiger partial charge in [-0.2, -0.15) is 0 Å². The van der Waals surface area contributed by atoms with Gasteiger partial charge in [-0.1, -0.05) is 30.3 Å². The first-order valence-corrected chi connectivity index (χ1v) is 6.57. The van der Waals surface area contributed by atoms with E-state index in [1.54, 1.807) is 31.4 Å². The average molecular weight is 294 g/mol. The van der Waals surface area contributed by atoms with Crippen LogP contribution in [-0.2, 0) is 0 Å². The number of ether oxygens (including phenoxy) is 1. The average Bonchev–Trinajstić information content (AvgIpc) is 3.01. The van der Waals surface area contributed by atoms with Gasteiger partial charge in [0.15, 0.2) is 11.6 Å². The number of carboxylic acids is 1. The molecule has 0 spiro atoms. The van der Waals surface area contributed by atoms with Gasteiger partial charge in [-0.25, -0.2) is 9.67 Å². The Morgan fingerprint density at radius 1 is 1.09 bits per heavy atom. The van der Waals surface area contributed by atoms with Crippen molar-refractivity contribution in [2.45, 2.75) is 0 Å². The van der Waals surface area contributed by atoms with Crippen molar-refractivity contribution in [3.8, 4) is 22.8 Å². The quantitative estimate of drug-likeness (QED) is 0.724. The molecule has 2 aromatic carbocycles. The first-order chi connectivity index (χ1) is 10.7. The van der Waals surface area contributed by atoms with Gasteiger partial charge in [0.2, 0.25) is 0 Å². The molecule has 0 radical (unpaired) electrons. The Balaban J connectivity index is 2.14. The van der Waals surface area contributed by atoms with Crippen LogP contribution in [0, 0.1) is 0 Å². The molecule has 110 valence electrons. The van der Waals surface area contributed by atoms with E-state index < -0.39 is 5.97 Å². The fourth-order valence-corrected chi connectivity index (χ4v) is 2.08. The molecule has 6 heteroatoms. The highest BCUT2D eigenvalue weighted by Crippen LogP contribution is 2.22. The molecule has 0 aliphatic rings. The van der Waals surface area contributed by atoms with Crippen LogP contribution in [0.3, 0.4) is 0 Å². The number of carbonyl (C=O) groups excluding carboxylic acids is 1. The summed E-state index contributed by atoms with van der Waals surface area (Å²) >= 11 is 0. The number of aromatic nitrogens is 3. The van der Waals surface area contributed by atoms with Crippen molar-refractivity contribution in [2.75, 3.05) is 7.11 Å². The number of rotatable bonds is 4. The van der Waals surface area contributed by atoms with E-state index in [4.69, 9.17) is 4.74 Å². The minimum absolute atomic E-state index is 0.352. The Labute approximate surface area is 126 Å². The number of benzene rings is 2. The first kappa shape index (κ1) is 13.8. The summed E-state index contributed by atoms with van der Waals surface area (Å²) in [7, 11) is 1.58. The summed E-state index contributed by atoms with van der Waals surface area (Å²) in [6, 6.07) is 16.3. The Bertz CT molecular complexity index is 795. The third-order valence-corrected chi connectivity index (χ3v) is 3.14. The van der Waals surface area contributed by atoms with Crippen molar-refractivity contribution in [2.24, 2.45) is 0 Å². The van der Waals surface area contributed by atoms with E-state index in [9.17, 15) is 9.90 Å². The number of carboxylic acid groups (broad SMARTS) is 1. The van der Waals surface area contributed by atoms with E-state index in [1.165, 1.54) is 4.68 Å². The number of carbonyl (C=O) groups is 1. The van der Waals surface area contributed by atoms with Gasteiger partial charge in [0.25, 0.3) is 0 Å². The van der Waals surface area contributed by atoms with E-state index in [-0.39, 0.29) is 5.82 Å². The number of nitrogens with zero attached hydrogens (tertiary/aromatic N) is 3. The van der Waals surface area contributed by atoms with Crippen LogP contribution in [0.5, 0.6) is 5.75 Å². The second-order valence-corrected chi connectivity index (χ2v) is 4.52. The molecule has 3 rings (SSSR count). The van der Waals surface area contributed by atoms with Crippen LogP contribution in [0.15, 0.2) is 54.6 Å². The Morgan fingerprint density at radius 2 is 1.77 bits per heavy atom. The molecule has 1 aromatic heterocycles. The number of hydrogen-bond donors (Lipinski definition) is 0. The summed E-state index contributed by atoms with van der Waals surface area (Å²) in [4.78, 5) is 15.1. The predicted molar refractivity (Wildman–Crippen MR) is 77.7 cm³/mol.